The molecule has 246 valence electrons. The largest absolute Gasteiger partial charge is 0.491 e. The van der Waals surface area contributed by atoms with E-state index in [4.69, 9.17) is 38.8 Å². The van der Waals surface area contributed by atoms with Crippen LogP contribution in [0.4, 0.5) is 9.93 Å². The number of piperazine rings is 1. The molecule has 0 bridgehead atoms. The fourth-order valence-electron chi connectivity index (χ4n) is 5.97. The summed E-state index contributed by atoms with van der Waals surface area (Å²) in [7, 11) is 1.60. The van der Waals surface area contributed by atoms with Gasteiger partial charge in [-0.3, -0.25) is 14.6 Å². The zero-order valence-corrected chi connectivity index (χ0v) is 27.8. The molecule has 15 heteroatoms. The number of thiazole rings is 1. The number of hydrogen-bond donors (Lipinski definition) is 3. The number of carbonyl (C=O) groups excluding carboxylic acids is 3. The third kappa shape index (κ3) is 6.94. The van der Waals surface area contributed by atoms with Crippen LogP contribution >= 0.6 is 34.5 Å². The molecule has 12 nitrogen and oxygen atoms in total. The number of nitrogen functional groups attached to an aromatic ring is 1. The Kier molecular flexibility index (Phi) is 9.71. The van der Waals surface area contributed by atoms with Gasteiger partial charge in [0.15, 0.2) is 5.13 Å². The van der Waals surface area contributed by atoms with Crippen LogP contribution in [-0.2, 0) is 29.1 Å². The van der Waals surface area contributed by atoms with Crippen LogP contribution in [0.3, 0.4) is 0 Å². The maximum absolute atomic E-state index is 14.2. The predicted octanol–water partition coefficient (Wildman–Crippen LogP) is 3.74. The summed E-state index contributed by atoms with van der Waals surface area (Å²) in [6.07, 6.45) is -0.343. The maximum atomic E-state index is 14.2. The van der Waals surface area contributed by atoms with E-state index in [1.54, 1.807) is 52.2 Å². The summed E-state index contributed by atoms with van der Waals surface area (Å²) in [6.45, 7) is 0.611. The second-order valence-corrected chi connectivity index (χ2v) is 13.2. The standard InChI is InChI=1S/C32H33Cl2N7O5S/c1-38(32(45)36-15-20-7-10-23(33)24(34)13-20)40-18-28(43)41-25(14-19-5-8-22(9-6-19)46-12-11-42)30(44)39(17-27(40)41)16-21-3-2-4-26-29(21)37-31(35)47-26/h2-10,13,25,27,42H,11-12,14-18H2,1H3,(H2,35,37)(H,36,45)/t25-,27+/m0/s1. The minimum Gasteiger partial charge on any atom is -0.491 e. The summed E-state index contributed by atoms with van der Waals surface area (Å²) in [5, 5.41) is 16.3. The number of urea groups is 1. The topological polar surface area (TPSA) is 145 Å². The number of hydrazine groups is 1. The van der Waals surface area contributed by atoms with Crippen LogP contribution in [0.2, 0.25) is 10.0 Å². The minimum atomic E-state index is -0.817. The van der Waals surface area contributed by atoms with E-state index in [0.29, 0.717) is 20.9 Å². The van der Waals surface area contributed by atoms with Gasteiger partial charge >= 0.3 is 6.03 Å². The zero-order chi connectivity index (χ0) is 33.2. The van der Waals surface area contributed by atoms with E-state index in [2.05, 4.69) is 10.3 Å². The summed E-state index contributed by atoms with van der Waals surface area (Å²) in [5.41, 5.74) is 9.17. The average Bonchev–Trinajstić information content (AvgIpc) is 3.61. The lowest BCUT2D eigenvalue weighted by molar-refractivity contribution is -0.157. The Bertz CT molecular complexity index is 1810. The number of halogens is 2. The quantitative estimate of drug-likeness (QED) is 0.227. The monoisotopic (exact) mass is 697 g/mol. The van der Waals surface area contributed by atoms with Gasteiger partial charge in [0, 0.05) is 26.6 Å². The predicted molar refractivity (Wildman–Crippen MR) is 180 cm³/mol. The molecule has 4 aromatic rings. The number of fused-ring (bicyclic) bond motifs is 2. The van der Waals surface area contributed by atoms with E-state index in [-0.39, 0.29) is 57.6 Å². The molecule has 2 saturated heterocycles. The Labute approximate surface area is 285 Å². The SMILES string of the molecule is CN(C(=O)NCc1ccc(Cl)c(Cl)c1)N1CC(=O)N2[C@@H](Cc3ccc(OCCO)cc3)C(=O)N(Cc3cccc4sc(N)nc34)C[C@@H]21. The highest BCUT2D eigenvalue weighted by Crippen LogP contribution is 2.32. The first-order valence-corrected chi connectivity index (χ1v) is 16.5. The molecule has 0 unspecified atom stereocenters. The number of amides is 4. The van der Waals surface area contributed by atoms with Gasteiger partial charge in [-0.15, -0.1) is 0 Å². The van der Waals surface area contributed by atoms with Gasteiger partial charge in [0.1, 0.15) is 24.6 Å². The molecule has 2 atom stereocenters. The lowest BCUT2D eigenvalue weighted by Crippen LogP contribution is -2.65. The molecule has 2 aliphatic rings. The lowest BCUT2D eigenvalue weighted by atomic mass is 9.99. The van der Waals surface area contributed by atoms with Crippen molar-refractivity contribution in [2.24, 2.45) is 0 Å². The van der Waals surface area contributed by atoms with Crippen LogP contribution in [-0.4, -0.2) is 93.3 Å². The van der Waals surface area contributed by atoms with Crippen LogP contribution in [0.1, 0.15) is 16.7 Å². The molecule has 2 fully saturated rings. The molecule has 4 amide bonds. The van der Waals surface area contributed by atoms with Gasteiger partial charge in [0.25, 0.3) is 0 Å². The first-order chi connectivity index (χ1) is 22.6. The number of nitrogens with one attached hydrogen (secondary N) is 1. The molecule has 3 aromatic carbocycles. The summed E-state index contributed by atoms with van der Waals surface area (Å²) >= 11 is 13.5. The van der Waals surface area contributed by atoms with E-state index in [1.165, 1.54) is 16.3 Å². The number of nitrogens with two attached hydrogens (primary N) is 1. The van der Waals surface area contributed by atoms with Crippen LogP contribution in [0.5, 0.6) is 5.75 Å². The number of anilines is 1. The smallest absolute Gasteiger partial charge is 0.332 e. The number of nitrogens with zero attached hydrogens (tertiary/aromatic N) is 5. The highest BCUT2D eigenvalue weighted by Gasteiger charge is 2.51. The number of aromatic nitrogens is 1. The molecule has 47 heavy (non-hydrogen) atoms. The average molecular weight is 699 g/mol. The highest BCUT2D eigenvalue weighted by atomic mass is 35.5. The number of aliphatic hydroxyl groups is 1. The summed E-state index contributed by atoms with van der Waals surface area (Å²) in [6, 6.07) is 16.9. The van der Waals surface area contributed by atoms with Crippen molar-refractivity contribution in [1.29, 1.82) is 0 Å². The second-order valence-electron chi connectivity index (χ2n) is 11.3. The van der Waals surface area contributed by atoms with Gasteiger partial charge in [-0.25, -0.2) is 9.78 Å². The van der Waals surface area contributed by atoms with Crippen molar-refractivity contribution < 1.29 is 24.2 Å². The van der Waals surface area contributed by atoms with Crippen LogP contribution in [0.15, 0.2) is 60.7 Å². The van der Waals surface area contributed by atoms with Gasteiger partial charge in [0.05, 0.1) is 40.0 Å². The number of ether oxygens (including phenoxy) is 1. The van der Waals surface area contributed by atoms with E-state index in [9.17, 15) is 14.4 Å². The number of aliphatic hydroxyl groups excluding tert-OH is 1. The molecule has 0 radical (unpaired) electrons. The highest BCUT2D eigenvalue weighted by molar-refractivity contribution is 7.22. The molecular weight excluding hydrogens is 665 g/mol. The van der Waals surface area contributed by atoms with Crippen molar-refractivity contribution in [3.63, 3.8) is 0 Å². The van der Waals surface area contributed by atoms with Crippen molar-refractivity contribution in [2.75, 3.05) is 39.1 Å². The molecule has 2 aliphatic heterocycles. The van der Waals surface area contributed by atoms with Crippen molar-refractivity contribution >= 4 is 67.7 Å². The molecule has 3 heterocycles. The van der Waals surface area contributed by atoms with Crippen LogP contribution in [0, 0.1) is 0 Å². The van der Waals surface area contributed by atoms with E-state index >= 15 is 0 Å². The molecular formula is C32H33Cl2N7O5S. The molecule has 1 aromatic heterocycles. The Morgan fingerprint density at radius 2 is 1.89 bits per heavy atom. The minimum absolute atomic E-state index is 0.0783. The summed E-state index contributed by atoms with van der Waals surface area (Å²) in [4.78, 5) is 49.0. The maximum Gasteiger partial charge on any atom is 0.332 e. The third-order valence-corrected chi connectivity index (χ3v) is 9.86. The molecule has 0 saturated carbocycles. The first kappa shape index (κ1) is 32.8. The zero-order valence-electron chi connectivity index (χ0n) is 25.4. The van der Waals surface area contributed by atoms with Crippen LogP contribution < -0.4 is 15.8 Å². The normalized spacial score (nSPS) is 18.1. The molecule has 0 aliphatic carbocycles. The molecule has 0 spiro atoms. The first-order valence-electron chi connectivity index (χ1n) is 14.9. The number of carbonyl (C=O) groups is 3. The lowest BCUT2D eigenvalue weighted by Gasteiger charge is -2.45. The number of hydrogen-bond acceptors (Lipinski definition) is 9. The Morgan fingerprint density at radius 1 is 1.13 bits per heavy atom. The van der Waals surface area contributed by atoms with Gasteiger partial charge in [-0.05, 0) is 47.0 Å². The third-order valence-electron chi connectivity index (χ3n) is 8.27. The van der Waals surface area contributed by atoms with Crippen molar-refractivity contribution in [1.82, 2.24) is 30.1 Å². The fraction of sp³-hybridized carbons (Fsp3) is 0.312. The summed E-state index contributed by atoms with van der Waals surface area (Å²) in [5.74, 6) is 0.128. The van der Waals surface area contributed by atoms with Gasteiger partial charge in [0.2, 0.25) is 11.8 Å². The van der Waals surface area contributed by atoms with Crippen molar-refractivity contribution in [2.45, 2.75) is 31.7 Å². The Hall–Kier alpha value is -4.14. The van der Waals surface area contributed by atoms with E-state index < -0.39 is 18.2 Å². The van der Waals surface area contributed by atoms with E-state index in [0.717, 1.165) is 26.9 Å². The van der Waals surface area contributed by atoms with Gasteiger partial charge in [-0.2, -0.15) is 5.01 Å². The number of benzene rings is 3. The molecule has 6 rings (SSSR count). The fourth-order valence-corrected chi connectivity index (χ4v) is 7.08. The van der Waals surface area contributed by atoms with Crippen LogP contribution in [0.25, 0.3) is 10.2 Å². The van der Waals surface area contributed by atoms with E-state index in [1.807, 2.05) is 30.3 Å². The van der Waals surface area contributed by atoms with Crippen molar-refractivity contribution in [3.8, 4) is 5.75 Å². The second kappa shape index (κ2) is 13.9. The van der Waals surface area contributed by atoms with Crippen molar-refractivity contribution in [3.05, 3.63) is 87.4 Å². The Balaban J connectivity index is 1.26. The number of rotatable bonds is 10. The van der Waals surface area contributed by atoms with Gasteiger partial charge < -0.3 is 30.7 Å². The molecule has 4 N–H and O–H groups in total. The summed E-state index contributed by atoms with van der Waals surface area (Å²) < 4.78 is 6.40. The Morgan fingerprint density at radius 3 is 2.64 bits per heavy atom. The van der Waals surface area contributed by atoms with Gasteiger partial charge in [-0.1, -0.05) is 64.9 Å². The number of para-hydroxylation sites is 1.